The van der Waals surface area contributed by atoms with Crippen LogP contribution in [0.15, 0.2) is 6.33 Å². The molecule has 1 aliphatic rings. The number of piperazine rings is 1. The number of thiocarbonyl (C=S) groups is 1. The van der Waals surface area contributed by atoms with Crippen molar-refractivity contribution in [2.75, 3.05) is 37.6 Å². The molecule has 0 aliphatic carbocycles. The standard InChI is InChI=1S/C8H13N5S2/c9-7(14)5-12-1-3-13(4-2-12)8-10-6-11-15-8/h6H,1-5H2,(H2,9,14). The third kappa shape index (κ3) is 2.83. The van der Waals surface area contributed by atoms with Gasteiger partial charge >= 0.3 is 0 Å². The summed E-state index contributed by atoms with van der Waals surface area (Å²) in [5, 5.41) is 1.00. The molecule has 2 N–H and O–H groups in total. The average molecular weight is 243 g/mol. The third-order valence-electron chi connectivity index (χ3n) is 2.37. The molecule has 0 atom stereocenters. The van der Waals surface area contributed by atoms with E-state index in [9.17, 15) is 0 Å². The number of aromatic nitrogens is 2. The predicted molar refractivity (Wildman–Crippen MR) is 65.3 cm³/mol. The summed E-state index contributed by atoms with van der Waals surface area (Å²) in [7, 11) is 0. The van der Waals surface area contributed by atoms with E-state index >= 15 is 0 Å². The minimum absolute atomic E-state index is 0.569. The van der Waals surface area contributed by atoms with Crippen molar-refractivity contribution in [1.29, 1.82) is 0 Å². The molecule has 1 aromatic heterocycles. The Bertz CT molecular complexity index is 318. The van der Waals surface area contributed by atoms with Gasteiger partial charge in [0.1, 0.15) is 6.33 Å². The highest BCUT2D eigenvalue weighted by Crippen LogP contribution is 2.16. The van der Waals surface area contributed by atoms with Gasteiger partial charge in [0.05, 0.1) is 4.99 Å². The third-order valence-corrected chi connectivity index (χ3v) is 3.23. The van der Waals surface area contributed by atoms with Crippen LogP contribution in [-0.4, -0.2) is 52.0 Å². The Morgan fingerprint density at radius 1 is 1.47 bits per heavy atom. The van der Waals surface area contributed by atoms with Crippen LogP contribution in [-0.2, 0) is 0 Å². The number of anilines is 1. The zero-order valence-electron chi connectivity index (χ0n) is 8.30. The molecule has 0 spiro atoms. The molecule has 0 radical (unpaired) electrons. The fourth-order valence-electron chi connectivity index (χ4n) is 1.62. The van der Waals surface area contributed by atoms with E-state index in [-0.39, 0.29) is 0 Å². The highest BCUT2D eigenvalue weighted by Gasteiger charge is 2.18. The van der Waals surface area contributed by atoms with Crippen molar-refractivity contribution in [1.82, 2.24) is 14.3 Å². The molecule has 0 amide bonds. The second-order valence-corrected chi connectivity index (χ2v) is 4.74. The Morgan fingerprint density at radius 2 is 2.20 bits per heavy atom. The van der Waals surface area contributed by atoms with Gasteiger partial charge in [-0.05, 0) is 0 Å². The Morgan fingerprint density at radius 3 is 2.73 bits per heavy atom. The topological polar surface area (TPSA) is 58.3 Å². The summed E-state index contributed by atoms with van der Waals surface area (Å²) in [5.41, 5.74) is 5.51. The van der Waals surface area contributed by atoms with Crippen molar-refractivity contribution >= 4 is 33.9 Å². The van der Waals surface area contributed by atoms with Gasteiger partial charge in [0.15, 0.2) is 0 Å². The van der Waals surface area contributed by atoms with Gasteiger partial charge in [0, 0.05) is 44.3 Å². The quantitative estimate of drug-likeness (QED) is 0.751. The van der Waals surface area contributed by atoms with Crippen LogP contribution in [0, 0.1) is 0 Å². The number of hydrogen-bond donors (Lipinski definition) is 1. The zero-order valence-corrected chi connectivity index (χ0v) is 9.93. The molecule has 1 fully saturated rings. The summed E-state index contributed by atoms with van der Waals surface area (Å²) in [5.74, 6) is 0. The maximum atomic E-state index is 5.51. The molecule has 82 valence electrons. The van der Waals surface area contributed by atoms with E-state index in [1.807, 2.05) is 0 Å². The molecule has 1 aromatic rings. The molecule has 0 aromatic carbocycles. The summed E-state index contributed by atoms with van der Waals surface area (Å²) < 4.78 is 4.00. The normalized spacial score (nSPS) is 18.0. The van der Waals surface area contributed by atoms with E-state index in [0.29, 0.717) is 4.99 Å². The van der Waals surface area contributed by atoms with Crippen molar-refractivity contribution in [3.05, 3.63) is 6.33 Å². The average Bonchev–Trinajstić information content (AvgIpc) is 2.71. The monoisotopic (exact) mass is 243 g/mol. The van der Waals surface area contributed by atoms with Crippen LogP contribution in [0.5, 0.6) is 0 Å². The van der Waals surface area contributed by atoms with Gasteiger partial charge in [-0.15, -0.1) is 0 Å². The maximum absolute atomic E-state index is 5.51. The van der Waals surface area contributed by atoms with Crippen LogP contribution < -0.4 is 10.6 Å². The predicted octanol–water partition coefficient (Wildman–Crippen LogP) is -0.0538. The number of nitrogens with two attached hydrogens (primary N) is 1. The molecule has 15 heavy (non-hydrogen) atoms. The van der Waals surface area contributed by atoms with Gasteiger partial charge in [-0.1, -0.05) is 12.2 Å². The Labute approximate surface area is 98.1 Å². The SMILES string of the molecule is NC(=S)CN1CCN(c2ncns2)CC1. The molecule has 2 rings (SSSR count). The van der Waals surface area contributed by atoms with Crippen molar-refractivity contribution in [3.63, 3.8) is 0 Å². The highest BCUT2D eigenvalue weighted by atomic mass is 32.1. The highest BCUT2D eigenvalue weighted by molar-refractivity contribution is 7.80. The lowest BCUT2D eigenvalue weighted by Gasteiger charge is -2.33. The van der Waals surface area contributed by atoms with Crippen LogP contribution >= 0.6 is 23.8 Å². The summed E-state index contributed by atoms with van der Waals surface area (Å²) in [6.07, 6.45) is 1.60. The first-order valence-electron chi connectivity index (χ1n) is 4.78. The maximum Gasteiger partial charge on any atom is 0.205 e. The van der Waals surface area contributed by atoms with E-state index in [1.165, 1.54) is 11.5 Å². The van der Waals surface area contributed by atoms with Crippen molar-refractivity contribution in [2.45, 2.75) is 0 Å². The molecule has 1 saturated heterocycles. The Kier molecular flexibility index (Phi) is 3.45. The number of rotatable bonds is 3. The fourth-order valence-corrected chi connectivity index (χ4v) is 2.39. The van der Waals surface area contributed by atoms with E-state index in [1.54, 1.807) is 6.33 Å². The largest absolute Gasteiger partial charge is 0.392 e. The van der Waals surface area contributed by atoms with E-state index < -0.39 is 0 Å². The minimum atomic E-state index is 0.569. The molecule has 0 bridgehead atoms. The second-order valence-electron chi connectivity index (χ2n) is 3.45. The van der Waals surface area contributed by atoms with Gasteiger partial charge < -0.3 is 10.6 Å². The summed E-state index contributed by atoms with van der Waals surface area (Å²) in [6.45, 7) is 4.63. The lowest BCUT2D eigenvalue weighted by molar-refractivity contribution is 0.292. The van der Waals surface area contributed by atoms with Crippen molar-refractivity contribution in [3.8, 4) is 0 Å². The van der Waals surface area contributed by atoms with Crippen LogP contribution in [0.3, 0.4) is 0 Å². The van der Waals surface area contributed by atoms with Crippen LogP contribution in [0.1, 0.15) is 0 Å². The minimum Gasteiger partial charge on any atom is -0.392 e. The smallest absolute Gasteiger partial charge is 0.205 e. The lowest BCUT2D eigenvalue weighted by atomic mass is 10.3. The second kappa shape index (κ2) is 4.82. The fraction of sp³-hybridized carbons (Fsp3) is 0.625. The van der Waals surface area contributed by atoms with Gasteiger partial charge in [-0.2, -0.15) is 4.37 Å². The first kappa shape index (κ1) is 10.7. The lowest BCUT2D eigenvalue weighted by Crippen LogP contribution is -2.48. The van der Waals surface area contributed by atoms with Crippen LogP contribution in [0.2, 0.25) is 0 Å². The molecular weight excluding hydrogens is 230 g/mol. The van der Waals surface area contributed by atoms with E-state index in [0.717, 1.165) is 37.9 Å². The number of hydrogen-bond acceptors (Lipinski definition) is 6. The first-order chi connectivity index (χ1) is 7.25. The summed E-state index contributed by atoms with van der Waals surface area (Å²) in [6, 6.07) is 0. The molecule has 7 heteroatoms. The van der Waals surface area contributed by atoms with Crippen LogP contribution in [0.4, 0.5) is 5.13 Å². The van der Waals surface area contributed by atoms with Gasteiger partial charge in [-0.3, -0.25) is 4.90 Å². The van der Waals surface area contributed by atoms with Crippen LogP contribution in [0.25, 0.3) is 0 Å². The van der Waals surface area contributed by atoms with E-state index in [2.05, 4.69) is 19.2 Å². The zero-order chi connectivity index (χ0) is 10.7. The summed E-state index contributed by atoms with van der Waals surface area (Å²) in [4.78, 5) is 9.27. The molecular formula is C8H13N5S2. The van der Waals surface area contributed by atoms with E-state index in [4.69, 9.17) is 18.0 Å². The molecule has 5 nitrogen and oxygen atoms in total. The summed E-state index contributed by atoms with van der Waals surface area (Å²) >= 11 is 6.33. The molecule has 0 unspecified atom stereocenters. The molecule has 0 saturated carbocycles. The van der Waals surface area contributed by atoms with Crippen molar-refractivity contribution < 1.29 is 0 Å². The molecule has 1 aliphatic heterocycles. The Hall–Kier alpha value is -0.790. The van der Waals surface area contributed by atoms with Gasteiger partial charge in [0.2, 0.25) is 5.13 Å². The first-order valence-corrected chi connectivity index (χ1v) is 5.96. The van der Waals surface area contributed by atoms with Crippen molar-refractivity contribution in [2.24, 2.45) is 5.73 Å². The van der Waals surface area contributed by atoms with Gasteiger partial charge in [-0.25, -0.2) is 4.98 Å². The number of nitrogens with zero attached hydrogens (tertiary/aromatic N) is 4. The Balaban J connectivity index is 1.84. The van der Waals surface area contributed by atoms with Gasteiger partial charge in [0.25, 0.3) is 0 Å². The molecule has 2 heterocycles.